The topological polar surface area (TPSA) is 63.1 Å². The third kappa shape index (κ3) is 4.41. The molecule has 1 saturated heterocycles. The molecule has 27 heavy (non-hydrogen) atoms. The standard InChI is InChI=1S/C21H23N5O/c27-21(20-15-22-26(24-20)19-9-5-2-6-10-19)23-18-11-13-25(14-12-18)16-17-7-3-1-4-8-17/h1-10,15,18H,11-14,16H2,(H,23,27). The number of nitrogens with one attached hydrogen (secondary N) is 1. The largest absolute Gasteiger partial charge is 0.348 e. The van der Waals surface area contributed by atoms with Gasteiger partial charge < -0.3 is 5.32 Å². The highest BCUT2D eigenvalue weighted by Crippen LogP contribution is 2.14. The van der Waals surface area contributed by atoms with Crippen LogP contribution in [0.25, 0.3) is 5.69 Å². The van der Waals surface area contributed by atoms with Crippen molar-refractivity contribution >= 4 is 5.91 Å². The van der Waals surface area contributed by atoms with E-state index in [-0.39, 0.29) is 11.9 Å². The van der Waals surface area contributed by atoms with Gasteiger partial charge in [0.1, 0.15) is 0 Å². The number of piperidine rings is 1. The minimum Gasteiger partial charge on any atom is -0.348 e. The van der Waals surface area contributed by atoms with Crippen molar-refractivity contribution in [3.8, 4) is 5.69 Å². The van der Waals surface area contributed by atoms with Gasteiger partial charge in [0.25, 0.3) is 5.91 Å². The van der Waals surface area contributed by atoms with Crippen molar-refractivity contribution in [2.75, 3.05) is 13.1 Å². The average molecular weight is 361 g/mol. The molecule has 0 spiro atoms. The Labute approximate surface area is 158 Å². The minimum atomic E-state index is -0.154. The van der Waals surface area contributed by atoms with Gasteiger partial charge in [-0.2, -0.15) is 9.90 Å². The Morgan fingerprint density at radius 3 is 2.37 bits per heavy atom. The third-order valence-electron chi connectivity index (χ3n) is 4.88. The Hall–Kier alpha value is -2.99. The molecule has 0 atom stereocenters. The predicted octanol–water partition coefficient (Wildman–Crippen LogP) is 2.66. The molecule has 6 nitrogen and oxygen atoms in total. The summed E-state index contributed by atoms with van der Waals surface area (Å²) in [7, 11) is 0. The lowest BCUT2D eigenvalue weighted by Crippen LogP contribution is -2.44. The molecule has 1 amide bonds. The first-order valence-electron chi connectivity index (χ1n) is 9.33. The van der Waals surface area contributed by atoms with Crippen molar-refractivity contribution in [2.45, 2.75) is 25.4 Å². The molecule has 138 valence electrons. The number of likely N-dealkylation sites (tertiary alicyclic amines) is 1. The molecule has 0 unspecified atom stereocenters. The summed E-state index contributed by atoms with van der Waals surface area (Å²) in [6.07, 6.45) is 3.42. The van der Waals surface area contributed by atoms with Crippen LogP contribution in [0, 0.1) is 0 Å². The summed E-state index contributed by atoms with van der Waals surface area (Å²) in [5.74, 6) is -0.154. The van der Waals surface area contributed by atoms with Gasteiger partial charge in [0.15, 0.2) is 5.69 Å². The molecule has 2 aromatic carbocycles. The van der Waals surface area contributed by atoms with Crippen molar-refractivity contribution < 1.29 is 4.79 Å². The highest BCUT2D eigenvalue weighted by molar-refractivity contribution is 5.92. The van der Waals surface area contributed by atoms with Crippen LogP contribution < -0.4 is 5.32 Å². The van der Waals surface area contributed by atoms with Crippen LogP contribution in [0.2, 0.25) is 0 Å². The van der Waals surface area contributed by atoms with Gasteiger partial charge in [0.2, 0.25) is 0 Å². The summed E-state index contributed by atoms with van der Waals surface area (Å²) >= 11 is 0. The highest BCUT2D eigenvalue weighted by Gasteiger charge is 2.22. The van der Waals surface area contributed by atoms with Gasteiger partial charge in [-0.3, -0.25) is 9.69 Å². The summed E-state index contributed by atoms with van der Waals surface area (Å²) in [5.41, 5.74) is 2.52. The number of hydrogen-bond donors (Lipinski definition) is 1. The number of nitrogens with zero attached hydrogens (tertiary/aromatic N) is 4. The van der Waals surface area contributed by atoms with Crippen LogP contribution in [0.3, 0.4) is 0 Å². The zero-order valence-electron chi connectivity index (χ0n) is 15.2. The second-order valence-electron chi connectivity index (χ2n) is 6.86. The van der Waals surface area contributed by atoms with Crippen LogP contribution in [0.1, 0.15) is 28.9 Å². The van der Waals surface area contributed by atoms with Crippen molar-refractivity contribution in [3.63, 3.8) is 0 Å². The van der Waals surface area contributed by atoms with E-state index in [1.54, 1.807) is 0 Å². The number of amides is 1. The van der Waals surface area contributed by atoms with E-state index in [1.807, 2.05) is 36.4 Å². The Morgan fingerprint density at radius 2 is 1.67 bits per heavy atom. The van der Waals surface area contributed by atoms with Crippen molar-refractivity contribution in [2.24, 2.45) is 0 Å². The predicted molar refractivity (Wildman–Crippen MR) is 104 cm³/mol. The highest BCUT2D eigenvalue weighted by atomic mass is 16.2. The van der Waals surface area contributed by atoms with E-state index in [0.29, 0.717) is 5.69 Å². The van der Waals surface area contributed by atoms with Crippen LogP contribution in [-0.2, 0) is 6.54 Å². The first kappa shape index (κ1) is 17.4. The molecule has 1 aliphatic rings. The van der Waals surface area contributed by atoms with Gasteiger partial charge in [0.05, 0.1) is 11.9 Å². The monoisotopic (exact) mass is 361 g/mol. The minimum absolute atomic E-state index is 0.154. The Morgan fingerprint density at radius 1 is 1.00 bits per heavy atom. The summed E-state index contributed by atoms with van der Waals surface area (Å²) in [6.45, 7) is 2.93. The maximum Gasteiger partial charge on any atom is 0.273 e. The lowest BCUT2D eigenvalue weighted by Gasteiger charge is -2.32. The zero-order chi connectivity index (χ0) is 18.5. The van der Waals surface area contributed by atoms with E-state index in [0.717, 1.165) is 38.2 Å². The fourth-order valence-corrected chi connectivity index (χ4v) is 3.39. The molecule has 0 bridgehead atoms. The molecule has 1 aromatic heterocycles. The molecule has 0 aliphatic carbocycles. The van der Waals surface area contributed by atoms with Gasteiger partial charge >= 0.3 is 0 Å². The first-order valence-corrected chi connectivity index (χ1v) is 9.33. The maximum atomic E-state index is 12.5. The van der Waals surface area contributed by atoms with Gasteiger partial charge in [-0.15, -0.1) is 5.10 Å². The summed E-state index contributed by atoms with van der Waals surface area (Å²) in [5, 5.41) is 11.6. The van der Waals surface area contributed by atoms with E-state index in [1.165, 1.54) is 16.6 Å². The average Bonchev–Trinajstić information content (AvgIpc) is 3.21. The Kier molecular flexibility index (Phi) is 5.25. The quantitative estimate of drug-likeness (QED) is 0.759. The smallest absolute Gasteiger partial charge is 0.273 e. The van der Waals surface area contributed by atoms with Gasteiger partial charge in [0, 0.05) is 25.7 Å². The lowest BCUT2D eigenvalue weighted by molar-refractivity contribution is 0.0903. The summed E-state index contributed by atoms with van der Waals surface area (Å²) in [6, 6.07) is 20.3. The molecule has 1 aliphatic heterocycles. The van der Waals surface area contributed by atoms with E-state index in [9.17, 15) is 4.79 Å². The molecule has 2 heterocycles. The molecular weight excluding hydrogens is 338 g/mol. The van der Waals surface area contributed by atoms with Crippen LogP contribution >= 0.6 is 0 Å². The van der Waals surface area contributed by atoms with Crippen LogP contribution in [0.15, 0.2) is 66.9 Å². The molecule has 6 heteroatoms. The van der Waals surface area contributed by atoms with Crippen molar-refractivity contribution in [3.05, 3.63) is 78.1 Å². The number of para-hydroxylation sites is 1. The van der Waals surface area contributed by atoms with E-state index >= 15 is 0 Å². The Bertz CT molecular complexity index is 870. The number of aromatic nitrogens is 3. The second-order valence-corrected chi connectivity index (χ2v) is 6.86. The molecule has 3 aromatic rings. The number of benzene rings is 2. The SMILES string of the molecule is O=C(NC1CCN(Cc2ccccc2)CC1)c1cnn(-c2ccccc2)n1. The van der Waals surface area contributed by atoms with Crippen molar-refractivity contribution in [1.82, 2.24) is 25.2 Å². The van der Waals surface area contributed by atoms with E-state index in [2.05, 4.69) is 44.7 Å². The first-order chi connectivity index (χ1) is 13.3. The summed E-state index contributed by atoms with van der Waals surface area (Å²) in [4.78, 5) is 16.4. The number of rotatable bonds is 5. The van der Waals surface area contributed by atoms with Gasteiger partial charge in [-0.25, -0.2) is 0 Å². The molecule has 0 radical (unpaired) electrons. The third-order valence-corrected chi connectivity index (χ3v) is 4.88. The van der Waals surface area contributed by atoms with E-state index < -0.39 is 0 Å². The van der Waals surface area contributed by atoms with Crippen molar-refractivity contribution in [1.29, 1.82) is 0 Å². The molecule has 1 N–H and O–H groups in total. The number of carbonyl (C=O) groups excluding carboxylic acids is 1. The molecular formula is C21H23N5O. The fraction of sp³-hybridized carbons (Fsp3) is 0.286. The normalized spacial score (nSPS) is 15.6. The fourth-order valence-electron chi connectivity index (χ4n) is 3.39. The van der Waals surface area contributed by atoms with E-state index in [4.69, 9.17) is 0 Å². The van der Waals surface area contributed by atoms with Crippen LogP contribution in [0.4, 0.5) is 0 Å². The molecule has 0 saturated carbocycles. The number of hydrogen-bond acceptors (Lipinski definition) is 4. The molecule has 4 rings (SSSR count). The number of carbonyl (C=O) groups is 1. The van der Waals surface area contributed by atoms with Gasteiger partial charge in [-0.05, 0) is 30.5 Å². The van der Waals surface area contributed by atoms with Gasteiger partial charge in [-0.1, -0.05) is 48.5 Å². The van der Waals surface area contributed by atoms with Crippen LogP contribution in [0.5, 0.6) is 0 Å². The lowest BCUT2D eigenvalue weighted by atomic mass is 10.0. The Balaban J connectivity index is 1.29. The summed E-state index contributed by atoms with van der Waals surface area (Å²) < 4.78 is 0. The maximum absolute atomic E-state index is 12.5. The zero-order valence-corrected chi connectivity index (χ0v) is 15.2. The second kappa shape index (κ2) is 8.14. The van der Waals surface area contributed by atoms with Crippen LogP contribution in [-0.4, -0.2) is 44.9 Å². The molecule has 1 fully saturated rings.